The van der Waals surface area contributed by atoms with Crippen molar-refractivity contribution in [3.8, 4) is 0 Å². The van der Waals surface area contributed by atoms with E-state index >= 15 is 0 Å². The van der Waals surface area contributed by atoms with Gasteiger partial charge in [0.2, 0.25) is 0 Å². The van der Waals surface area contributed by atoms with Crippen LogP contribution in [-0.2, 0) is 0 Å². The van der Waals surface area contributed by atoms with Gasteiger partial charge in [-0.25, -0.2) is 0 Å². The zero-order valence-electron chi connectivity index (χ0n) is 15.4. The van der Waals surface area contributed by atoms with Crippen molar-refractivity contribution in [3.05, 3.63) is 90.5 Å². The van der Waals surface area contributed by atoms with Crippen molar-refractivity contribution in [2.75, 3.05) is 6.54 Å². The van der Waals surface area contributed by atoms with E-state index in [0.717, 1.165) is 18.7 Å². The minimum absolute atomic E-state index is 0.580. The molecular formula is C23H25N2P. The summed E-state index contributed by atoms with van der Waals surface area (Å²) < 4.78 is 0. The third kappa shape index (κ3) is 4.39. The molecule has 0 spiro atoms. The van der Waals surface area contributed by atoms with E-state index in [2.05, 4.69) is 109 Å². The van der Waals surface area contributed by atoms with Gasteiger partial charge in [0.15, 0.2) is 0 Å². The maximum atomic E-state index is 4.55. The van der Waals surface area contributed by atoms with Gasteiger partial charge in [0, 0.05) is 6.54 Å². The topological polar surface area (TPSA) is 24.4 Å². The average Bonchev–Trinajstić information content (AvgIpc) is 2.71. The molecule has 132 valence electrons. The Morgan fingerprint density at radius 2 is 1.35 bits per heavy atom. The van der Waals surface area contributed by atoms with Crippen molar-refractivity contribution in [1.82, 2.24) is 5.43 Å². The molecule has 0 aromatic heterocycles. The Morgan fingerprint density at radius 1 is 0.769 bits per heavy atom. The molecule has 3 rings (SSSR count). The maximum absolute atomic E-state index is 4.55. The Labute approximate surface area is 157 Å². The van der Waals surface area contributed by atoms with Gasteiger partial charge in [-0.1, -0.05) is 85.8 Å². The van der Waals surface area contributed by atoms with Crippen LogP contribution in [0.15, 0.2) is 90.0 Å². The predicted octanol–water partition coefficient (Wildman–Crippen LogP) is 4.17. The van der Waals surface area contributed by atoms with E-state index in [9.17, 15) is 0 Å². The molecule has 0 heterocycles. The molecule has 0 fully saturated rings. The Bertz CT molecular complexity index is 805. The molecule has 0 aliphatic rings. The minimum atomic E-state index is -0.580. The molecule has 0 radical (unpaired) electrons. The highest BCUT2D eigenvalue weighted by molar-refractivity contribution is 7.79. The van der Waals surface area contributed by atoms with Crippen LogP contribution in [0.1, 0.15) is 25.8 Å². The second kappa shape index (κ2) is 9.31. The van der Waals surface area contributed by atoms with Crippen molar-refractivity contribution in [2.45, 2.75) is 20.3 Å². The van der Waals surface area contributed by atoms with E-state index < -0.39 is 7.92 Å². The molecule has 0 saturated heterocycles. The number of benzene rings is 3. The lowest BCUT2D eigenvalue weighted by Gasteiger charge is -2.20. The van der Waals surface area contributed by atoms with Gasteiger partial charge in [-0.15, -0.1) is 0 Å². The lowest BCUT2D eigenvalue weighted by molar-refractivity contribution is 0.779. The third-order valence-electron chi connectivity index (χ3n) is 4.17. The fourth-order valence-corrected chi connectivity index (χ4v) is 5.29. The van der Waals surface area contributed by atoms with E-state index in [4.69, 9.17) is 0 Å². The van der Waals surface area contributed by atoms with Crippen LogP contribution in [0, 0.1) is 0 Å². The van der Waals surface area contributed by atoms with E-state index in [0.29, 0.717) is 0 Å². The molecule has 2 nitrogen and oxygen atoms in total. The summed E-state index contributed by atoms with van der Waals surface area (Å²) >= 11 is 0. The van der Waals surface area contributed by atoms with Gasteiger partial charge < -0.3 is 5.43 Å². The molecule has 0 aliphatic heterocycles. The summed E-state index contributed by atoms with van der Waals surface area (Å²) in [4.78, 5) is 0. The number of rotatable bonds is 7. The molecule has 0 unspecified atom stereocenters. The smallest absolute Gasteiger partial charge is 0.0672 e. The summed E-state index contributed by atoms with van der Waals surface area (Å²) in [6.45, 7) is 5.06. The first-order valence-electron chi connectivity index (χ1n) is 9.13. The molecule has 3 aromatic rings. The van der Waals surface area contributed by atoms with E-state index in [-0.39, 0.29) is 0 Å². The van der Waals surface area contributed by atoms with Crippen LogP contribution < -0.4 is 21.3 Å². The van der Waals surface area contributed by atoms with E-state index in [1.54, 1.807) is 0 Å². The highest BCUT2D eigenvalue weighted by Gasteiger charge is 2.17. The van der Waals surface area contributed by atoms with Crippen molar-refractivity contribution in [2.24, 2.45) is 5.10 Å². The first-order chi connectivity index (χ1) is 12.8. The van der Waals surface area contributed by atoms with Crippen molar-refractivity contribution in [1.29, 1.82) is 0 Å². The maximum Gasteiger partial charge on any atom is 0.0672 e. The summed E-state index contributed by atoms with van der Waals surface area (Å²) in [5, 5.41) is 8.64. The number of nitrogens with zero attached hydrogens (tertiary/aromatic N) is 1. The summed E-state index contributed by atoms with van der Waals surface area (Å²) in [5.74, 6) is 0. The fraction of sp³-hybridized carbons (Fsp3) is 0.174. The monoisotopic (exact) mass is 360 g/mol. The van der Waals surface area contributed by atoms with Crippen LogP contribution in [0.4, 0.5) is 0 Å². The van der Waals surface area contributed by atoms with E-state index in [1.165, 1.54) is 21.5 Å². The lowest BCUT2D eigenvalue weighted by atomic mass is 10.1. The van der Waals surface area contributed by atoms with Gasteiger partial charge >= 0.3 is 0 Å². The average molecular weight is 360 g/mol. The Hall–Kier alpha value is -2.44. The summed E-state index contributed by atoms with van der Waals surface area (Å²) in [5.41, 5.74) is 5.40. The van der Waals surface area contributed by atoms with Gasteiger partial charge in [0.1, 0.15) is 0 Å². The summed E-state index contributed by atoms with van der Waals surface area (Å²) in [6, 6.07) is 30.5. The SMILES string of the molecule is CCN/N=C(\CC)c1cccc(P(c2ccccc2)c2ccccc2)c1. The molecule has 3 aromatic carbocycles. The van der Waals surface area contributed by atoms with Gasteiger partial charge in [-0.2, -0.15) is 5.10 Å². The number of hydrogen-bond donors (Lipinski definition) is 1. The summed E-state index contributed by atoms with van der Waals surface area (Å²) in [6.07, 6.45) is 0.908. The van der Waals surface area contributed by atoms with Gasteiger partial charge in [0.05, 0.1) is 5.71 Å². The molecular weight excluding hydrogens is 335 g/mol. The molecule has 0 saturated carbocycles. The zero-order valence-corrected chi connectivity index (χ0v) is 16.3. The highest BCUT2D eigenvalue weighted by Crippen LogP contribution is 2.32. The van der Waals surface area contributed by atoms with Crippen LogP contribution in [0.5, 0.6) is 0 Å². The number of hydrazone groups is 1. The quantitative estimate of drug-likeness (QED) is 0.382. The molecule has 0 atom stereocenters. The molecule has 0 aliphatic carbocycles. The lowest BCUT2D eigenvalue weighted by Crippen LogP contribution is -2.21. The molecule has 1 N–H and O–H groups in total. The highest BCUT2D eigenvalue weighted by atomic mass is 31.1. The van der Waals surface area contributed by atoms with E-state index in [1.807, 2.05) is 0 Å². The zero-order chi connectivity index (χ0) is 18.2. The first kappa shape index (κ1) is 18.4. The standard InChI is InChI=1S/C23H25N2P/c1-3-23(25-24-4-2)19-12-11-17-22(18-19)26(20-13-7-5-8-14-20)21-15-9-6-10-16-21/h5-18,24H,3-4H2,1-2H3/b25-23+. The van der Waals surface area contributed by atoms with Gasteiger partial charge in [-0.3, -0.25) is 0 Å². The summed E-state index contributed by atoms with van der Waals surface area (Å²) in [7, 11) is -0.580. The van der Waals surface area contributed by atoms with Crippen LogP contribution in [0.3, 0.4) is 0 Å². The second-order valence-electron chi connectivity index (χ2n) is 5.98. The van der Waals surface area contributed by atoms with Crippen molar-refractivity contribution < 1.29 is 0 Å². The number of nitrogens with one attached hydrogen (secondary N) is 1. The molecule has 0 bridgehead atoms. The van der Waals surface area contributed by atoms with Gasteiger partial charge in [0.25, 0.3) is 0 Å². The van der Waals surface area contributed by atoms with Crippen LogP contribution in [0.2, 0.25) is 0 Å². The van der Waals surface area contributed by atoms with Gasteiger partial charge in [-0.05, 0) is 48.8 Å². The minimum Gasteiger partial charge on any atom is -0.310 e. The largest absolute Gasteiger partial charge is 0.310 e. The second-order valence-corrected chi connectivity index (χ2v) is 8.20. The molecule has 0 amide bonds. The first-order valence-corrected chi connectivity index (χ1v) is 10.5. The Balaban J connectivity index is 2.07. The van der Waals surface area contributed by atoms with Crippen LogP contribution in [0.25, 0.3) is 0 Å². The predicted molar refractivity (Wildman–Crippen MR) is 116 cm³/mol. The van der Waals surface area contributed by atoms with Crippen LogP contribution in [-0.4, -0.2) is 12.3 Å². The van der Waals surface area contributed by atoms with Crippen molar-refractivity contribution in [3.63, 3.8) is 0 Å². The molecule has 3 heteroatoms. The van der Waals surface area contributed by atoms with Crippen LogP contribution >= 0.6 is 7.92 Å². The Morgan fingerprint density at radius 3 is 1.88 bits per heavy atom. The molecule has 26 heavy (non-hydrogen) atoms. The fourth-order valence-electron chi connectivity index (χ4n) is 2.95. The Kier molecular flexibility index (Phi) is 6.57. The number of hydrogen-bond acceptors (Lipinski definition) is 2. The normalized spacial score (nSPS) is 11.6. The van der Waals surface area contributed by atoms with Crippen molar-refractivity contribution >= 4 is 29.5 Å². The third-order valence-corrected chi connectivity index (χ3v) is 6.60.